The van der Waals surface area contributed by atoms with E-state index in [1.807, 2.05) is 6.07 Å². The Morgan fingerprint density at radius 3 is 2.59 bits per heavy atom. The Balaban J connectivity index is 1.56. The van der Waals surface area contributed by atoms with Crippen molar-refractivity contribution >= 4 is 40.6 Å². The van der Waals surface area contributed by atoms with E-state index >= 15 is 0 Å². The molecular weight excluding hydrogens is 408 g/mol. The molecule has 1 fully saturated rings. The van der Waals surface area contributed by atoms with Gasteiger partial charge in [-0.15, -0.1) is 0 Å². The predicted octanol–water partition coefficient (Wildman–Crippen LogP) is 5.71. The number of furan rings is 1. The number of thioether (sulfide) groups is 1. The second-order valence-corrected chi connectivity index (χ2v) is 7.68. The maximum Gasteiger partial charge on any atom is 0.293 e. The molecular formula is C22H13ClN2O3S. The molecule has 5 nitrogen and oxygen atoms in total. The highest BCUT2D eigenvalue weighted by Gasteiger charge is 2.35. The quantitative estimate of drug-likeness (QED) is 0.505. The summed E-state index contributed by atoms with van der Waals surface area (Å²) in [5.74, 6) is 0.587. The summed E-state index contributed by atoms with van der Waals surface area (Å²) in [6.45, 7) is 0.179. The number of hydrogen-bond donors (Lipinski definition) is 0. The molecule has 0 atom stereocenters. The van der Waals surface area contributed by atoms with Gasteiger partial charge in [-0.25, -0.2) is 0 Å². The second-order valence-electron chi connectivity index (χ2n) is 6.25. The maximum atomic E-state index is 12.7. The molecule has 3 aromatic rings. The average molecular weight is 421 g/mol. The molecule has 0 spiro atoms. The minimum absolute atomic E-state index is 0.179. The Hall–Kier alpha value is -3.27. The lowest BCUT2D eigenvalue weighted by Crippen LogP contribution is -2.27. The van der Waals surface area contributed by atoms with Crippen LogP contribution in [0.3, 0.4) is 0 Å². The molecule has 1 aliphatic heterocycles. The van der Waals surface area contributed by atoms with Crippen LogP contribution in [0.1, 0.15) is 16.9 Å². The van der Waals surface area contributed by atoms with Gasteiger partial charge in [0.2, 0.25) is 0 Å². The predicted molar refractivity (Wildman–Crippen MR) is 112 cm³/mol. The fraction of sp³-hybridized carbons (Fsp3) is 0.0455. The van der Waals surface area contributed by atoms with Gasteiger partial charge in [0.05, 0.1) is 23.1 Å². The van der Waals surface area contributed by atoms with Crippen molar-refractivity contribution in [3.05, 3.63) is 87.5 Å². The number of nitriles is 1. The highest BCUT2D eigenvalue weighted by atomic mass is 35.5. The smallest absolute Gasteiger partial charge is 0.293 e. The number of carbonyl (C=O) groups is 2. The van der Waals surface area contributed by atoms with Gasteiger partial charge in [0.15, 0.2) is 0 Å². The van der Waals surface area contributed by atoms with Crippen LogP contribution < -0.4 is 0 Å². The van der Waals surface area contributed by atoms with Crippen molar-refractivity contribution in [3.8, 4) is 17.4 Å². The fourth-order valence-corrected chi connectivity index (χ4v) is 3.85. The van der Waals surface area contributed by atoms with E-state index in [0.717, 1.165) is 17.3 Å². The molecule has 1 saturated heterocycles. The topological polar surface area (TPSA) is 74.3 Å². The lowest BCUT2D eigenvalue weighted by atomic mass is 10.1. The molecule has 0 unspecified atom stereocenters. The Labute approximate surface area is 176 Å². The first-order valence-electron chi connectivity index (χ1n) is 8.64. The van der Waals surface area contributed by atoms with Crippen molar-refractivity contribution in [1.29, 1.82) is 5.26 Å². The van der Waals surface area contributed by atoms with Crippen molar-refractivity contribution in [2.45, 2.75) is 6.54 Å². The van der Waals surface area contributed by atoms with Crippen molar-refractivity contribution in [2.24, 2.45) is 0 Å². The Kier molecular flexibility index (Phi) is 5.26. The van der Waals surface area contributed by atoms with Gasteiger partial charge in [-0.3, -0.25) is 14.5 Å². The van der Waals surface area contributed by atoms with E-state index in [9.17, 15) is 14.9 Å². The highest BCUT2D eigenvalue weighted by Crippen LogP contribution is 2.34. The third-order valence-electron chi connectivity index (χ3n) is 4.34. The summed E-state index contributed by atoms with van der Waals surface area (Å²) in [5, 5.41) is 9.50. The van der Waals surface area contributed by atoms with Gasteiger partial charge in [0.1, 0.15) is 11.5 Å². The SMILES string of the molecule is N#Cc1ccccc1-c1ccc(/C=C2\SC(=O)N(Cc3ccc(Cl)cc3)C2=O)o1. The third-order valence-corrected chi connectivity index (χ3v) is 5.50. The van der Waals surface area contributed by atoms with Crippen molar-refractivity contribution in [1.82, 2.24) is 4.90 Å². The molecule has 0 aliphatic carbocycles. The molecule has 0 saturated carbocycles. The van der Waals surface area contributed by atoms with Crippen LogP contribution in [-0.4, -0.2) is 16.0 Å². The third kappa shape index (κ3) is 3.97. The van der Waals surface area contributed by atoms with Crippen molar-refractivity contribution in [2.75, 3.05) is 0 Å². The van der Waals surface area contributed by atoms with Crippen molar-refractivity contribution < 1.29 is 14.0 Å². The van der Waals surface area contributed by atoms with E-state index in [4.69, 9.17) is 16.0 Å². The zero-order valence-electron chi connectivity index (χ0n) is 15.0. The van der Waals surface area contributed by atoms with Crippen LogP contribution in [0.15, 0.2) is 70.0 Å². The van der Waals surface area contributed by atoms with E-state index in [1.54, 1.807) is 60.7 Å². The molecule has 142 valence electrons. The van der Waals surface area contributed by atoms with Gasteiger partial charge in [-0.2, -0.15) is 5.26 Å². The fourth-order valence-electron chi connectivity index (χ4n) is 2.91. The minimum Gasteiger partial charge on any atom is -0.457 e. The van der Waals surface area contributed by atoms with Gasteiger partial charge in [0.25, 0.3) is 11.1 Å². The van der Waals surface area contributed by atoms with E-state index in [1.165, 1.54) is 4.90 Å². The molecule has 1 aliphatic rings. The van der Waals surface area contributed by atoms with Gasteiger partial charge < -0.3 is 4.42 Å². The van der Waals surface area contributed by atoms with Gasteiger partial charge >= 0.3 is 0 Å². The molecule has 4 rings (SSSR count). The first-order chi connectivity index (χ1) is 14.0. The number of amides is 2. The molecule has 0 bridgehead atoms. The summed E-state index contributed by atoms with van der Waals surface area (Å²) in [7, 11) is 0. The molecule has 29 heavy (non-hydrogen) atoms. The number of hydrogen-bond acceptors (Lipinski definition) is 5. The highest BCUT2D eigenvalue weighted by molar-refractivity contribution is 8.18. The molecule has 2 aromatic carbocycles. The Morgan fingerprint density at radius 1 is 1.07 bits per heavy atom. The Bertz CT molecular complexity index is 1180. The summed E-state index contributed by atoms with van der Waals surface area (Å²) < 4.78 is 5.79. The van der Waals surface area contributed by atoms with Crippen LogP contribution in [0.4, 0.5) is 4.79 Å². The lowest BCUT2D eigenvalue weighted by molar-refractivity contribution is -0.123. The zero-order chi connectivity index (χ0) is 20.4. The van der Waals surface area contributed by atoms with Gasteiger partial charge in [-0.05, 0) is 53.7 Å². The van der Waals surface area contributed by atoms with E-state index in [2.05, 4.69) is 6.07 Å². The summed E-state index contributed by atoms with van der Waals surface area (Å²) in [4.78, 5) is 26.5. The zero-order valence-corrected chi connectivity index (χ0v) is 16.5. The molecule has 0 N–H and O–H groups in total. The number of nitrogens with zero attached hydrogens (tertiary/aromatic N) is 2. The van der Waals surface area contributed by atoms with Crippen LogP contribution in [-0.2, 0) is 11.3 Å². The van der Waals surface area contributed by atoms with E-state index in [0.29, 0.717) is 32.6 Å². The number of halogens is 1. The first kappa shape index (κ1) is 19.1. The summed E-state index contributed by atoms with van der Waals surface area (Å²) >= 11 is 6.75. The van der Waals surface area contributed by atoms with Gasteiger partial charge in [-0.1, -0.05) is 35.9 Å². The summed E-state index contributed by atoms with van der Waals surface area (Å²) in [6, 6.07) is 19.7. The monoisotopic (exact) mass is 420 g/mol. The molecule has 2 heterocycles. The normalized spacial score (nSPS) is 15.2. The lowest BCUT2D eigenvalue weighted by Gasteiger charge is -2.12. The van der Waals surface area contributed by atoms with Crippen LogP contribution in [0.2, 0.25) is 5.02 Å². The maximum absolute atomic E-state index is 12.7. The first-order valence-corrected chi connectivity index (χ1v) is 9.84. The minimum atomic E-state index is -0.370. The Morgan fingerprint density at radius 2 is 1.83 bits per heavy atom. The van der Waals surface area contributed by atoms with E-state index in [-0.39, 0.29) is 17.7 Å². The van der Waals surface area contributed by atoms with Crippen molar-refractivity contribution in [3.63, 3.8) is 0 Å². The standard InChI is InChI=1S/C22H13ClN2O3S/c23-16-7-5-14(6-8-16)13-25-21(26)20(29-22(25)27)11-17-9-10-19(28-17)18-4-2-1-3-15(18)12-24/h1-11H,13H2/b20-11-. The molecule has 1 aromatic heterocycles. The van der Waals surface area contributed by atoms with E-state index < -0.39 is 0 Å². The number of benzene rings is 2. The molecule has 2 amide bonds. The summed E-state index contributed by atoms with van der Waals surface area (Å²) in [6.07, 6.45) is 1.55. The second kappa shape index (κ2) is 8.00. The number of rotatable bonds is 4. The molecule has 0 radical (unpaired) electrons. The van der Waals surface area contributed by atoms with Crippen LogP contribution in [0, 0.1) is 11.3 Å². The van der Waals surface area contributed by atoms with Gasteiger partial charge in [0, 0.05) is 16.7 Å². The largest absolute Gasteiger partial charge is 0.457 e. The van der Waals surface area contributed by atoms with Crippen LogP contribution >= 0.6 is 23.4 Å². The summed E-state index contributed by atoms with van der Waals surface area (Å²) in [5.41, 5.74) is 1.98. The van der Waals surface area contributed by atoms with Crippen LogP contribution in [0.5, 0.6) is 0 Å². The number of carbonyl (C=O) groups excluding carboxylic acids is 2. The van der Waals surface area contributed by atoms with Crippen LogP contribution in [0.25, 0.3) is 17.4 Å². The average Bonchev–Trinajstić information content (AvgIpc) is 3.30. The number of imide groups is 1. The molecule has 7 heteroatoms.